The Morgan fingerprint density at radius 1 is 1.86 bits per heavy atom. The van der Waals surface area contributed by atoms with Gasteiger partial charge in [0.1, 0.15) is 0 Å². The molecule has 0 aliphatic heterocycles. The molecule has 0 aromatic carbocycles. The SMILES string of the molecule is CCOS(=O)[N]C. The fourth-order valence-electron chi connectivity index (χ4n) is 0.154. The zero-order valence-electron chi connectivity index (χ0n) is 4.38. The van der Waals surface area contributed by atoms with Gasteiger partial charge in [0.15, 0.2) is 0 Å². The lowest BCUT2D eigenvalue weighted by molar-refractivity contribution is 0.367. The number of hydrogen-bond acceptors (Lipinski definition) is 2. The van der Waals surface area contributed by atoms with Gasteiger partial charge in [0.2, 0.25) is 0 Å². The molecule has 3 nitrogen and oxygen atoms in total. The van der Waals surface area contributed by atoms with Crippen molar-refractivity contribution >= 4 is 11.3 Å². The Hall–Kier alpha value is 0.0700. The predicted octanol–water partition coefficient (Wildman–Crippen LogP) is -0.164. The highest BCUT2D eigenvalue weighted by molar-refractivity contribution is 7.77. The van der Waals surface area contributed by atoms with Crippen molar-refractivity contribution in [3.05, 3.63) is 0 Å². The molecule has 0 aliphatic rings. The molecule has 43 valence electrons. The van der Waals surface area contributed by atoms with Gasteiger partial charge in [-0.1, -0.05) is 0 Å². The number of rotatable bonds is 3. The normalized spacial score (nSPS) is 14.0. The van der Waals surface area contributed by atoms with Crippen LogP contribution in [0.5, 0.6) is 0 Å². The van der Waals surface area contributed by atoms with Crippen LogP contribution in [0.15, 0.2) is 0 Å². The maximum absolute atomic E-state index is 10.1. The summed E-state index contributed by atoms with van der Waals surface area (Å²) in [4.78, 5) is 0. The lowest BCUT2D eigenvalue weighted by atomic mass is 10.9. The lowest BCUT2D eigenvalue weighted by Gasteiger charge is -1.91. The highest BCUT2D eigenvalue weighted by Gasteiger charge is 1.89. The van der Waals surface area contributed by atoms with Crippen molar-refractivity contribution < 1.29 is 8.39 Å². The van der Waals surface area contributed by atoms with Gasteiger partial charge in [-0.25, -0.2) is 4.21 Å². The monoisotopic (exact) mass is 122 g/mol. The standard InChI is InChI=1S/C3H8NO2S/c1-3-6-7(5)4-2/h3H2,1-2H3. The summed E-state index contributed by atoms with van der Waals surface area (Å²) >= 11 is -1.40. The van der Waals surface area contributed by atoms with Gasteiger partial charge in [0.25, 0.3) is 11.3 Å². The van der Waals surface area contributed by atoms with Gasteiger partial charge in [-0.3, -0.25) is 4.18 Å². The van der Waals surface area contributed by atoms with E-state index in [9.17, 15) is 4.21 Å². The molecule has 1 atom stereocenters. The Labute approximate surface area is 45.9 Å². The van der Waals surface area contributed by atoms with Gasteiger partial charge in [0, 0.05) is 7.05 Å². The van der Waals surface area contributed by atoms with Gasteiger partial charge >= 0.3 is 0 Å². The molecule has 0 saturated carbocycles. The van der Waals surface area contributed by atoms with Crippen molar-refractivity contribution in [2.75, 3.05) is 13.7 Å². The van der Waals surface area contributed by atoms with Crippen LogP contribution in [0.1, 0.15) is 6.92 Å². The van der Waals surface area contributed by atoms with E-state index in [0.29, 0.717) is 6.61 Å². The average molecular weight is 122 g/mol. The third-order valence-electron chi connectivity index (χ3n) is 0.368. The van der Waals surface area contributed by atoms with E-state index in [4.69, 9.17) is 0 Å². The molecule has 0 rings (SSSR count). The first-order chi connectivity index (χ1) is 3.31. The summed E-state index contributed by atoms with van der Waals surface area (Å²) in [6, 6.07) is 0. The topological polar surface area (TPSA) is 40.4 Å². The molecule has 0 spiro atoms. The van der Waals surface area contributed by atoms with Gasteiger partial charge in [0.05, 0.1) is 6.61 Å². The van der Waals surface area contributed by atoms with Crippen LogP contribution in [0.3, 0.4) is 0 Å². The minimum absolute atomic E-state index is 0.448. The largest absolute Gasteiger partial charge is 0.277 e. The van der Waals surface area contributed by atoms with Crippen LogP contribution in [0, 0.1) is 0 Å². The molecule has 0 saturated heterocycles. The van der Waals surface area contributed by atoms with Crippen molar-refractivity contribution in [3.8, 4) is 0 Å². The van der Waals surface area contributed by atoms with Crippen molar-refractivity contribution in [3.63, 3.8) is 0 Å². The minimum Gasteiger partial charge on any atom is -0.277 e. The molecule has 0 bridgehead atoms. The molecule has 0 N–H and O–H groups in total. The van der Waals surface area contributed by atoms with E-state index in [1.165, 1.54) is 7.05 Å². The molecule has 0 heterocycles. The molecule has 7 heavy (non-hydrogen) atoms. The second-order valence-corrected chi connectivity index (χ2v) is 1.84. The van der Waals surface area contributed by atoms with Crippen LogP contribution in [-0.2, 0) is 15.4 Å². The zero-order chi connectivity index (χ0) is 5.70. The van der Waals surface area contributed by atoms with Crippen LogP contribution in [0.4, 0.5) is 0 Å². The summed E-state index contributed by atoms with van der Waals surface area (Å²) in [6.07, 6.45) is 0. The number of hydrogen-bond donors (Lipinski definition) is 0. The van der Waals surface area contributed by atoms with Gasteiger partial charge in [-0.15, -0.1) is 4.72 Å². The van der Waals surface area contributed by atoms with E-state index < -0.39 is 11.3 Å². The maximum atomic E-state index is 10.1. The fourth-order valence-corrected chi connectivity index (χ4v) is 0.461. The summed E-state index contributed by atoms with van der Waals surface area (Å²) in [5, 5.41) is 0. The maximum Gasteiger partial charge on any atom is 0.252 e. The first-order valence-corrected chi connectivity index (χ1v) is 2.99. The van der Waals surface area contributed by atoms with Crippen molar-refractivity contribution in [2.45, 2.75) is 6.92 Å². The zero-order valence-corrected chi connectivity index (χ0v) is 5.20. The van der Waals surface area contributed by atoms with Gasteiger partial charge in [-0.2, -0.15) is 0 Å². The predicted molar refractivity (Wildman–Crippen MR) is 27.8 cm³/mol. The van der Waals surface area contributed by atoms with Gasteiger partial charge in [-0.05, 0) is 6.92 Å². The first kappa shape index (κ1) is 7.07. The Balaban J connectivity index is 3.00. The van der Waals surface area contributed by atoms with Crippen LogP contribution >= 0.6 is 0 Å². The third-order valence-corrected chi connectivity index (χ3v) is 1.10. The molecule has 1 radical (unpaired) electrons. The summed E-state index contributed by atoms with van der Waals surface area (Å²) < 4.78 is 18.0. The highest BCUT2D eigenvalue weighted by atomic mass is 32.2. The molecule has 0 aliphatic carbocycles. The van der Waals surface area contributed by atoms with E-state index in [1.807, 2.05) is 0 Å². The molecule has 0 fully saturated rings. The Kier molecular flexibility index (Phi) is 4.28. The third kappa shape index (κ3) is 3.91. The van der Waals surface area contributed by atoms with Crippen molar-refractivity contribution in [1.29, 1.82) is 0 Å². The second-order valence-electron chi connectivity index (χ2n) is 0.806. The smallest absolute Gasteiger partial charge is 0.252 e. The lowest BCUT2D eigenvalue weighted by Crippen LogP contribution is -2.05. The first-order valence-electron chi connectivity index (χ1n) is 1.96. The van der Waals surface area contributed by atoms with Crippen molar-refractivity contribution in [1.82, 2.24) is 4.72 Å². The van der Waals surface area contributed by atoms with Crippen LogP contribution in [0.2, 0.25) is 0 Å². The quantitative estimate of drug-likeness (QED) is 0.521. The van der Waals surface area contributed by atoms with E-state index in [1.54, 1.807) is 6.92 Å². The van der Waals surface area contributed by atoms with Crippen molar-refractivity contribution in [2.24, 2.45) is 0 Å². The second kappa shape index (κ2) is 4.23. The average Bonchev–Trinajstić information content (AvgIpc) is 1.68. The van der Waals surface area contributed by atoms with E-state index in [2.05, 4.69) is 8.91 Å². The number of nitrogens with zero attached hydrogens (tertiary/aromatic N) is 1. The summed E-state index contributed by atoms with van der Waals surface area (Å²) in [5.41, 5.74) is 0. The van der Waals surface area contributed by atoms with E-state index >= 15 is 0 Å². The summed E-state index contributed by atoms with van der Waals surface area (Å²) in [6.45, 7) is 2.22. The van der Waals surface area contributed by atoms with Crippen LogP contribution < -0.4 is 4.72 Å². The van der Waals surface area contributed by atoms with E-state index in [0.717, 1.165) is 0 Å². The van der Waals surface area contributed by atoms with E-state index in [-0.39, 0.29) is 0 Å². The summed E-state index contributed by atoms with van der Waals surface area (Å²) in [7, 11) is 1.45. The molecule has 0 amide bonds. The fraction of sp³-hybridized carbons (Fsp3) is 1.00. The van der Waals surface area contributed by atoms with Crippen LogP contribution in [0.25, 0.3) is 0 Å². The Bertz CT molecular complexity index is 66.0. The molecular weight excluding hydrogens is 114 g/mol. The van der Waals surface area contributed by atoms with Crippen LogP contribution in [-0.4, -0.2) is 17.9 Å². The molecule has 0 aromatic heterocycles. The molecular formula is C3H8NO2S. The highest BCUT2D eigenvalue weighted by Crippen LogP contribution is 1.76. The molecule has 0 aromatic rings. The Morgan fingerprint density at radius 3 is 2.57 bits per heavy atom. The summed E-state index contributed by atoms with van der Waals surface area (Å²) in [5.74, 6) is 0. The van der Waals surface area contributed by atoms with Gasteiger partial charge < -0.3 is 0 Å². The Morgan fingerprint density at radius 2 is 2.43 bits per heavy atom. The minimum atomic E-state index is -1.40. The molecule has 4 heteroatoms. The molecule has 1 unspecified atom stereocenters.